The molecule has 0 saturated carbocycles. The van der Waals surface area contributed by atoms with Gasteiger partial charge in [0.05, 0.1) is 30.4 Å². The Labute approximate surface area is 161 Å². The zero-order valence-electron chi connectivity index (χ0n) is 15.6. The maximum Gasteiger partial charge on any atom is 0.253 e. The van der Waals surface area contributed by atoms with Gasteiger partial charge in [0.15, 0.2) is 5.13 Å². The Hall–Kier alpha value is -2.81. The highest BCUT2D eigenvalue weighted by Gasteiger charge is 2.27. The predicted molar refractivity (Wildman–Crippen MR) is 105 cm³/mol. The highest BCUT2D eigenvalue weighted by atomic mass is 32.1. The summed E-state index contributed by atoms with van der Waals surface area (Å²) < 4.78 is 5.79. The summed E-state index contributed by atoms with van der Waals surface area (Å²) in [5, 5.41) is 5.17. The number of aromatic nitrogens is 1. The number of anilines is 2. The smallest absolute Gasteiger partial charge is 0.253 e. The molecule has 1 aromatic heterocycles. The second-order valence-corrected chi connectivity index (χ2v) is 7.51. The van der Waals surface area contributed by atoms with Crippen LogP contribution in [0.4, 0.5) is 10.8 Å². The number of nitrogens with zero attached hydrogens (tertiary/aromatic N) is 3. The van der Waals surface area contributed by atoms with Crippen molar-refractivity contribution >= 4 is 34.0 Å². The largest absolute Gasteiger partial charge is 0.489 e. The third kappa shape index (κ3) is 4.30. The highest BCUT2D eigenvalue weighted by Crippen LogP contribution is 2.34. The molecular formula is C18H23N5O3S. The number of ether oxygens (including phenoxy) is 1. The Bertz CT molecular complexity index is 851. The Kier molecular flexibility index (Phi) is 5.50. The van der Waals surface area contributed by atoms with E-state index in [-0.39, 0.29) is 24.3 Å². The van der Waals surface area contributed by atoms with Crippen molar-refractivity contribution in [2.24, 2.45) is 0 Å². The van der Waals surface area contributed by atoms with Crippen LogP contribution in [0.15, 0.2) is 23.6 Å². The van der Waals surface area contributed by atoms with Gasteiger partial charge in [-0.05, 0) is 18.2 Å². The Balaban J connectivity index is 1.64. The number of nitrogens with one attached hydrogen (secondary N) is 1. The van der Waals surface area contributed by atoms with Gasteiger partial charge >= 0.3 is 0 Å². The maximum atomic E-state index is 12.3. The van der Waals surface area contributed by atoms with Crippen LogP contribution in [-0.4, -0.2) is 55.5 Å². The van der Waals surface area contributed by atoms with Crippen LogP contribution in [-0.2, 0) is 11.3 Å². The van der Waals surface area contributed by atoms with Gasteiger partial charge in [0.25, 0.3) is 5.91 Å². The summed E-state index contributed by atoms with van der Waals surface area (Å²) in [5.41, 5.74) is 7.73. The molecule has 0 bridgehead atoms. The first-order chi connectivity index (χ1) is 12.8. The summed E-state index contributed by atoms with van der Waals surface area (Å²) in [6.45, 7) is 0.753. The van der Waals surface area contributed by atoms with Gasteiger partial charge in [-0.25, -0.2) is 4.98 Å². The minimum absolute atomic E-state index is 0.0754. The second-order valence-electron chi connectivity index (χ2n) is 6.62. The number of hydrogen-bond donors (Lipinski definition) is 2. The number of carbonyl (C=O) groups is 2. The van der Waals surface area contributed by atoms with E-state index >= 15 is 0 Å². The number of benzene rings is 1. The fraction of sp³-hybridized carbons (Fsp3) is 0.389. The van der Waals surface area contributed by atoms with Crippen molar-refractivity contribution in [3.63, 3.8) is 0 Å². The lowest BCUT2D eigenvalue weighted by Crippen LogP contribution is -2.43. The summed E-state index contributed by atoms with van der Waals surface area (Å²) in [6, 6.07) is 5.23. The molecule has 2 aromatic rings. The van der Waals surface area contributed by atoms with Crippen molar-refractivity contribution in [1.82, 2.24) is 15.2 Å². The topological polar surface area (TPSA) is 101 Å². The third-order valence-corrected chi connectivity index (χ3v) is 5.15. The fourth-order valence-corrected chi connectivity index (χ4v) is 3.44. The van der Waals surface area contributed by atoms with E-state index in [1.54, 1.807) is 32.3 Å². The van der Waals surface area contributed by atoms with E-state index in [0.29, 0.717) is 29.6 Å². The maximum absolute atomic E-state index is 12.3. The zero-order chi connectivity index (χ0) is 19.6. The van der Waals surface area contributed by atoms with Crippen LogP contribution < -0.4 is 20.7 Å². The number of fused-ring (bicyclic) bond motifs is 1. The van der Waals surface area contributed by atoms with E-state index in [1.807, 2.05) is 17.3 Å². The van der Waals surface area contributed by atoms with Crippen molar-refractivity contribution in [2.45, 2.75) is 19.0 Å². The molecule has 0 unspecified atom stereocenters. The van der Waals surface area contributed by atoms with E-state index in [9.17, 15) is 9.59 Å². The predicted octanol–water partition coefficient (Wildman–Crippen LogP) is 1.33. The molecule has 1 aliphatic heterocycles. The van der Waals surface area contributed by atoms with Gasteiger partial charge in [0, 0.05) is 32.1 Å². The molecule has 0 aliphatic carbocycles. The van der Waals surface area contributed by atoms with E-state index < -0.39 is 0 Å². The lowest BCUT2D eigenvalue weighted by Gasteiger charge is -2.35. The molecule has 3 N–H and O–H groups in total. The van der Waals surface area contributed by atoms with E-state index in [2.05, 4.69) is 10.3 Å². The lowest BCUT2D eigenvalue weighted by atomic mass is 10.1. The average molecular weight is 389 g/mol. The average Bonchev–Trinajstić information content (AvgIpc) is 3.07. The van der Waals surface area contributed by atoms with Gasteiger partial charge in [-0.1, -0.05) is 0 Å². The van der Waals surface area contributed by atoms with Crippen molar-refractivity contribution in [2.75, 3.05) is 38.4 Å². The molecule has 2 amide bonds. The van der Waals surface area contributed by atoms with Crippen LogP contribution in [0.2, 0.25) is 0 Å². The Morgan fingerprint density at radius 1 is 1.44 bits per heavy atom. The van der Waals surface area contributed by atoms with Crippen molar-refractivity contribution in [3.05, 3.63) is 34.8 Å². The molecule has 0 saturated heterocycles. The zero-order valence-corrected chi connectivity index (χ0v) is 16.4. The first kappa shape index (κ1) is 19.0. The second kappa shape index (κ2) is 7.83. The fourth-order valence-electron chi connectivity index (χ4n) is 2.88. The number of carbonyl (C=O) groups excluding carboxylic acids is 2. The molecule has 1 aromatic carbocycles. The van der Waals surface area contributed by atoms with E-state index in [1.165, 1.54) is 16.2 Å². The minimum atomic E-state index is -0.122. The summed E-state index contributed by atoms with van der Waals surface area (Å²) in [4.78, 5) is 32.2. The molecule has 144 valence electrons. The van der Waals surface area contributed by atoms with Gasteiger partial charge in [0.1, 0.15) is 12.4 Å². The minimum Gasteiger partial charge on any atom is -0.489 e. The number of nitrogen functional groups attached to an aromatic ring is 1. The molecule has 1 atom stereocenters. The molecule has 0 spiro atoms. The molecule has 27 heavy (non-hydrogen) atoms. The number of rotatable bonds is 5. The van der Waals surface area contributed by atoms with E-state index in [4.69, 9.17) is 10.5 Å². The molecule has 9 heteroatoms. The van der Waals surface area contributed by atoms with Crippen LogP contribution in [0.5, 0.6) is 5.75 Å². The van der Waals surface area contributed by atoms with Crippen molar-refractivity contribution in [3.8, 4) is 5.75 Å². The quantitative estimate of drug-likeness (QED) is 0.800. The van der Waals surface area contributed by atoms with Crippen LogP contribution >= 0.6 is 11.3 Å². The molecule has 8 nitrogen and oxygen atoms in total. The third-order valence-electron chi connectivity index (χ3n) is 4.43. The molecule has 1 aliphatic rings. The summed E-state index contributed by atoms with van der Waals surface area (Å²) in [6.07, 6.45) is 0.279. The first-order valence-electron chi connectivity index (χ1n) is 8.53. The summed E-state index contributed by atoms with van der Waals surface area (Å²) in [5.74, 6) is 0.544. The Morgan fingerprint density at radius 3 is 2.89 bits per heavy atom. The van der Waals surface area contributed by atoms with Crippen LogP contribution in [0.25, 0.3) is 0 Å². The van der Waals surface area contributed by atoms with Gasteiger partial charge in [-0.2, -0.15) is 0 Å². The number of hydrogen-bond acceptors (Lipinski definition) is 7. The summed E-state index contributed by atoms with van der Waals surface area (Å²) in [7, 11) is 5.33. The standard InChI is InChI=1S/C18H23N5O3S/c1-22(2)17(25)11-4-5-15-14(6-11)23(3)13(9-26-15)7-16(24)20-8-12-10-27-18(19)21-12/h4-6,10,13H,7-9H2,1-3H3,(H2,19,21)(H,20,24)/t13-/m0/s1. The van der Waals surface area contributed by atoms with Crippen LogP contribution in [0.3, 0.4) is 0 Å². The summed E-state index contributed by atoms with van der Waals surface area (Å²) >= 11 is 1.35. The molecule has 0 radical (unpaired) electrons. The molecular weight excluding hydrogens is 366 g/mol. The highest BCUT2D eigenvalue weighted by molar-refractivity contribution is 7.13. The van der Waals surface area contributed by atoms with Gasteiger partial charge in [-0.15, -0.1) is 11.3 Å². The van der Waals surface area contributed by atoms with Crippen LogP contribution in [0.1, 0.15) is 22.5 Å². The first-order valence-corrected chi connectivity index (χ1v) is 9.41. The molecule has 3 rings (SSSR count). The van der Waals surface area contributed by atoms with Gasteiger partial charge in [0.2, 0.25) is 5.91 Å². The normalized spacial score (nSPS) is 15.7. The lowest BCUT2D eigenvalue weighted by molar-refractivity contribution is -0.121. The molecule has 2 heterocycles. The number of thiazole rings is 1. The van der Waals surface area contributed by atoms with Crippen molar-refractivity contribution < 1.29 is 14.3 Å². The number of amides is 2. The Morgan fingerprint density at radius 2 is 2.22 bits per heavy atom. The van der Waals surface area contributed by atoms with Crippen molar-refractivity contribution in [1.29, 1.82) is 0 Å². The number of likely N-dealkylation sites (N-methyl/N-ethyl adjacent to an activating group) is 1. The number of nitrogens with two attached hydrogens (primary N) is 1. The SMILES string of the molecule is CN(C)C(=O)c1ccc2c(c1)N(C)[C@@H](CC(=O)NCc1csc(N)n1)CO2. The molecule has 0 fully saturated rings. The van der Waals surface area contributed by atoms with Gasteiger partial charge < -0.3 is 25.6 Å². The monoisotopic (exact) mass is 389 g/mol. The van der Waals surface area contributed by atoms with E-state index in [0.717, 1.165) is 11.4 Å². The van der Waals surface area contributed by atoms with Crippen LogP contribution in [0, 0.1) is 0 Å². The van der Waals surface area contributed by atoms with Gasteiger partial charge in [-0.3, -0.25) is 9.59 Å².